The Morgan fingerprint density at radius 2 is 1.95 bits per heavy atom. The minimum absolute atomic E-state index is 0.174. The maximum Gasteiger partial charge on any atom is 0.416 e. The second kappa shape index (κ2) is 6.02. The third kappa shape index (κ3) is 3.87. The van der Waals surface area contributed by atoms with Gasteiger partial charge in [0.25, 0.3) is 0 Å². The maximum atomic E-state index is 12.8. The Hall–Kier alpha value is -2.25. The summed E-state index contributed by atoms with van der Waals surface area (Å²) < 4.78 is 40.1. The number of halogens is 3. The second-order valence-corrected chi connectivity index (χ2v) is 4.50. The number of anilines is 2. The molecule has 5 nitrogen and oxygen atoms in total. The van der Waals surface area contributed by atoms with E-state index in [-0.39, 0.29) is 11.6 Å². The van der Waals surface area contributed by atoms with Crippen molar-refractivity contribution in [1.82, 2.24) is 14.8 Å². The molecule has 2 aromatic rings. The Labute approximate surface area is 120 Å². The Morgan fingerprint density at radius 1 is 1.24 bits per heavy atom. The van der Waals surface area contributed by atoms with Gasteiger partial charge in [-0.15, -0.1) is 0 Å². The van der Waals surface area contributed by atoms with Crippen LogP contribution in [0.2, 0.25) is 0 Å². The van der Waals surface area contributed by atoms with Gasteiger partial charge in [-0.3, -0.25) is 4.68 Å². The molecule has 0 bridgehead atoms. The average Bonchev–Trinajstić information content (AvgIpc) is 2.83. The van der Waals surface area contributed by atoms with E-state index < -0.39 is 11.7 Å². The lowest BCUT2D eigenvalue weighted by atomic mass is 10.2. The number of hydrogen-bond acceptors (Lipinski definition) is 4. The van der Waals surface area contributed by atoms with Gasteiger partial charge in [-0.05, 0) is 18.2 Å². The molecular formula is C13H16F3N5. The molecule has 0 saturated carbocycles. The third-order valence-corrected chi connectivity index (χ3v) is 3.02. The number of nitrogens with one attached hydrogen (secondary N) is 2. The number of rotatable bonds is 5. The van der Waals surface area contributed by atoms with E-state index in [2.05, 4.69) is 20.7 Å². The molecule has 2 aromatic heterocycles. The van der Waals surface area contributed by atoms with E-state index in [1.165, 1.54) is 7.05 Å². The van der Waals surface area contributed by atoms with E-state index in [0.29, 0.717) is 13.0 Å². The van der Waals surface area contributed by atoms with Gasteiger partial charge in [-0.25, -0.2) is 4.98 Å². The topological polar surface area (TPSA) is 54.8 Å². The van der Waals surface area contributed by atoms with Gasteiger partial charge in [-0.2, -0.15) is 18.3 Å². The molecule has 0 radical (unpaired) electrons. The molecule has 2 heterocycles. The third-order valence-electron chi connectivity index (χ3n) is 3.02. The van der Waals surface area contributed by atoms with Crippen LogP contribution >= 0.6 is 0 Å². The van der Waals surface area contributed by atoms with Gasteiger partial charge >= 0.3 is 6.18 Å². The molecule has 0 spiro atoms. The van der Waals surface area contributed by atoms with Crippen LogP contribution in [0, 0.1) is 0 Å². The minimum atomic E-state index is -4.40. The molecule has 21 heavy (non-hydrogen) atoms. The first-order chi connectivity index (χ1) is 9.90. The molecule has 8 heteroatoms. The molecule has 2 rings (SSSR count). The van der Waals surface area contributed by atoms with Crippen LogP contribution in [0.15, 0.2) is 24.4 Å². The molecule has 2 N–H and O–H groups in total. The van der Waals surface area contributed by atoms with Crippen molar-refractivity contribution in [3.8, 4) is 0 Å². The molecule has 0 fully saturated rings. The van der Waals surface area contributed by atoms with Crippen molar-refractivity contribution >= 4 is 11.6 Å². The van der Waals surface area contributed by atoms with Crippen molar-refractivity contribution in [3.05, 3.63) is 35.7 Å². The zero-order valence-corrected chi connectivity index (χ0v) is 11.7. The molecule has 0 aliphatic heterocycles. The van der Waals surface area contributed by atoms with E-state index in [4.69, 9.17) is 0 Å². The van der Waals surface area contributed by atoms with E-state index in [1.807, 2.05) is 13.1 Å². The van der Waals surface area contributed by atoms with Gasteiger partial charge in [0.2, 0.25) is 0 Å². The molecule has 114 valence electrons. The normalized spacial score (nSPS) is 11.5. The van der Waals surface area contributed by atoms with Gasteiger partial charge in [0, 0.05) is 39.0 Å². The van der Waals surface area contributed by atoms with Gasteiger partial charge in [-0.1, -0.05) is 0 Å². The van der Waals surface area contributed by atoms with Crippen LogP contribution in [0.1, 0.15) is 11.3 Å². The first-order valence-electron chi connectivity index (χ1n) is 6.38. The van der Waals surface area contributed by atoms with Crippen molar-refractivity contribution in [3.63, 3.8) is 0 Å². The van der Waals surface area contributed by atoms with Crippen molar-refractivity contribution in [1.29, 1.82) is 0 Å². The molecule has 0 aliphatic rings. The Bertz CT molecular complexity index is 606. The zero-order chi connectivity index (χ0) is 15.5. The molecule has 0 atom stereocenters. The predicted molar refractivity (Wildman–Crippen MR) is 74.2 cm³/mol. The standard InChI is InChI=1S/C13H16F3N5/c1-17-11-7-9(13(14,15)16)8-12(20-11)18-5-3-10-4-6-19-21(10)2/h4,6-8H,3,5H2,1-2H3,(H2,17,18,20). The van der Waals surface area contributed by atoms with Crippen molar-refractivity contribution in [2.45, 2.75) is 12.6 Å². The second-order valence-electron chi connectivity index (χ2n) is 4.50. The average molecular weight is 299 g/mol. The summed E-state index contributed by atoms with van der Waals surface area (Å²) >= 11 is 0. The molecular weight excluding hydrogens is 283 g/mol. The Kier molecular flexibility index (Phi) is 4.35. The summed E-state index contributed by atoms with van der Waals surface area (Å²) in [4.78, 5) is 4.06. The van der Waals surface area contributed by atoms with Crippen LogP contribution in [-0.4, -0.2) is 28.4 Å². The lowest BCUT2D eigenvalue weighted by Crippen LogP contribution is -2.12. The summed E-state index contributed by atoms with van der Waals surface area (Å²) in [6.45, 7) is 0.469. The van der Waals surface area contributed by atoms with Gasteiger partial charge < -0.3 is 10.6 Å². The number of nitrogens with zero attached hydrogens (tertiary/aromatic N) is 3. The number of hydrogen-bond donors (Lipinski definition) is 2. The number of pyridine rings is 1. The van der Waals surface area contributed by atoms with Crippen LogP contribution < -0.4 is 10.6 Å². The van der Waals surface area contributed by atoms with Gasteiger partial charge in [0.05, 0.1) is 5.56 Å². The van der Waals surface area contributed by atoms with E-state index >= 15 is 0 Å². The highest BCUT2D eigenvalue weighted by atomic mass is 19.4. The molecule has 0 saturated heterocycles. The molecule has 0 aromatic carbocycles. The van der Waals surface area contributed by atoms with E-state index in [1.54, 1.807) is 10.9 Å². The van der Waals surface area contributed by atoms with Crippen LogP contribution in [0.5, 0.6) is 0 Å². The Balaban J connectivity index is 2.07. The highest BCUT2D eigenvalue weighted by Gasteiger charge is 2.31. The fourth-order valence-electron chi connectivity index (χ4n) is 1.88. The maximum absolute atomic E-state index is 12.8. The van der Waals surface area contributed by atoms with Gasteiger partial charge in [0.15, 0.2) is 0 Å². The number of aryl methyl sites for hydroxylation is 1. The molecule has 0 aliphatic carbocycles. The number of alkyl halides is 3. The summed E-state index contributed by atoms with van der Waals surface area (Å²) in [6, 6.07) is 3.84. The SMILES string of the molecule is CNc1cc(C(F)(F)F)cc(NCCc2ccnn2C)n1. The summed E-state index contributed by atoms with van der Waals surface area (Å²) in [6.07, 6.45) is -2.08. The van der Waals surface area contributed by atoms with Crippen LogP contribution in [-0.2, 0) is 19.6 Å². The smallest absolute Gasteiger partial charge is 0.373 e. The van der Waals surface area contributed by atoms with E-state index in [0.717, 1.165) is 17.8 Å². The summed E-state index contributed by atoms with van der Waals surface area (Å²) in [7, 11) is 3.35. The van der Waals surface area contributed by atoms with Crippen LogP contribution in [0.4, 0.5) is 24.8 Å². The first-order valence-corrected chi connectivity index (χ1v) is 6.38. The lowest BCUT2D eigenvalue weighted by molar-refractivity contribution is -0.137. The largest absolute Gasteiger partial charge is 0.416 e. The fourth-order valence-corrected chi connectivity index (χ4v) is 1.88. The zero-order valence-electron chi connectivity index (χ0n) is 11.7. The minimum Gasteiger partial charge on any atom is -0.373 e. The number of aromatic nitrogens is 3. The van der Waals surface area contributed by atoms with Crippen molar-refractivity contribution < 1.29 is 13.2 Å². The van der Waals surface area contributed by atoms with Crippen LogP contribution in [0.25, 0.3) is 0 Å². The highest BCUT2D eigenvalue weighted by molar-refractivity contribution is 5.49. The van der Waals surface area contributed by atoms with Crippen molar-refractivity contribution in [2.75, 3.05) is 24.2 Å². The van der Waals surface area contributed by atoms with Crippen LogP contribution in [0.3, 0.4) is 0 Å². The summed E-state index contributed by atoms with van der Waals surface area (Å²) in [5.74, 6) is 0.365. The van der Waals surface area contributed by atoms with Gasteiger partial charge in [0.1, 0.15) is 11.6 Å². The first kappa shape index (κ1) is 15.1. The summed E-state index contributed by atoms with van der Waals surface area (Å²) in [5, 5.41) is 9.56. The summed E-state index contributed by atoms with van der Waals surface area (Å²) in [5.41, 5.74) is 0.258. The van der Waals surface area contributed by atoms with Crippen molar-refractivity contribution in [2.24, 2.45) is 7.05 Å². The molecule has 0 unspecified atom stereocenters. The highest BCUT2D eigenvalue weighted by Crippen LogP contribution is 2.31. The Morgan fingerprint density at radius 3 is 2.52 bits per heavy atom. The molecule has 0 amide bonds. The monoisotopic (exact) mass is 299 g/mol. The lowest BCUT2D eigenvalue weighted by Gasteiger charge is -2.12. The quantitative estimate of drug-likeness (QED) is 0.891. The van der Waals surface area contributed by atoms with E-state index in [9.17, 15) is 13.2 Å². The predicted octanol–water partition coefficient (Wildman–Crippen LogP) is 2.53. The fraction of sp³-hybridized carbons (Fsp3) is 0.385.